The Morgan fingerprint density at radius 1 is 0.583 bits per heavy atom. The second-order valence-corrected chi connectivity index (χ2v) is 9.06. The summed E-state index contributed by atoms with van der Waals surface area (Å²) in [5.74, 6) is -1.32. The lowest BCUT2D eigenvalue weighted by Gasteiger charge is -2.06. The molecule has 0 rings (SSSR count). The molecule has 0 bridgehead atoms. The van der Waals surface area contributed by atoms with Crippen LogP contribution >= 0.6 is 0 Å². The summed E-state index contributed by atoms with van der Waals surface area (Å²) in [6.45, 7) is 15.4. The Hall–Kier alpha value is -1.89. The summed E-state index contributed by atoms with van der Waals surface area (Å²) in [6.07, 6.45) is 19.8. The van der Waals surface area contributed by atoms with Crippen LogP contribution < -0.4 is 16.0 Å². The number of unbranched alkanes of at least 4 members (excludes halogenated alkanes) is 11. The Labute approximate surface area is 222 Å². The predicted octanol–water partition coefficient (Wildman–Crippen LogP) is 6.37. The highest BCUT2D eigenvalue weighted by atomic mass is 16.4. The summed E-state index contributed by atoms with van der Waals surface area (Å²) >= 11 is 0. The van der Waals surface area contributed by atoms with Gasteiger partial charge in [-0.05, 0) is 38.8 Å². The summed E-state index contributed by atoms with van der Waals surface area (Å²) in [7, 11) is 0. The zero-order chi connectivity index (χ0) is 27.7. The molecule has 214 valence electrons. The van der Waals surface area contributed by atoms with E-state index in [9.17, 15) is 14.4 Å². The zero-order valence-electron chi connectivity index (χ0n) is 24.1. The second kappa shape index (κ2) is 35.3. The molecule has 0 saturated carbocycles. The van der Waals surface area contributed by atoms with E-state index in [4.69, 9.17) is 5.11 Å². The van der Waals surface area contributed by atoms with Gasteiger partial charge in [0, 0.05) is 19.2 Å². The van der Waals surface area contributed by atoms with E-state index in [-0.39, 0.29) is 18.2 Å². The van der Waals surface area contributed by atoms with Gasteiger partial charge in [-0.25, -0.2) is 4.79 Å². The first-order valence-electron chi connectivity index (χ1n) is 14.5. The molecule has 0 spiro atoms. The zero-order valence-corrected chi connectivity index (χ0v) is 24.1. The van der Waals surface area contributed by atoms with Crippen LogP contribution in [0.3, 0.4) is 0 Å². The monoisotopic (exact) mass is 513 g/mol. The third kappa shape index (κ3) is 42.3. The normalized spacial score (nSPS) is 9.78. The highest BCUT2D eigenvalue weighted by Gasteiger charge is 2.07. The van der Waals surface area contributed by atoms with E-state index in [1.165, 1.54) is 90.1 Å². The number of nitrogens with one attached hydrogen (secondary N) is 3. The van der Waals surface area contributed by atoms with Crippen LogP contribution in [0.5, 0.6) is 0 Å². The van der Waals surface area contributed by atoms with Gasteiger partial charge in [-0.3, -0.25) is 9.59 Å². The summed E-state index contributed by atoms with van der Waals surface area (Å²) in [4.78, 5) is 32.1. The molecule has 0 aromatic carbocycles. The quantitative estimate of drug-likeness (QED) is 0.0764. The highest BCUT2D eigenvalue weighted by molar-refractivity contribution is 5.96. The second-order valence-electron chi connectivity index (χ2n) is 9.06. The number of amides is 2. The molecule has 0 radical (unpaired) electrons. The molecule has 0 aliphatic rings. The summed E-state index contributed by atoms with van der Waals surface area (Å²) < 4.78 is 0. The van der Waals surface area contributed by atoms with Crippen molar-refractivity contribution in [2.24, 2.45) is 0 Å². The van der Waals surface area contributed by atoms with Crippen molar-refractivity contribution in [3.63, 3.8) is 0 Å². The van der Waals surface area contributed by atoms with E-state index < -0.39 is 5.97 Å². The Bertz CT molecular complexity index is 493. The van der Waals surface area contributed by atoms with Crippen molar-refractivity contribution in [3.8, 4) is 0 Å². The minimum atomic E-state index is -0.981. The molecule has 0 atom stereocenters. The fourth-order valence-corrected chi connectivity index (χ4v) is 3.10. The van der Waals surface area contributed by atoms with Gasteiger partial charge in [0.15, 0.2) is 0 Å². The first-order valence-corrected chi connectivity index (χ1v) is 14.5. The Kier molecular flexibility index (Phi) is 37.9. The van der Waals surface area contributed by atoms with Gasteiger partial charge in [0.2, 0.25) is 11.8 Å². The molecule has 0 unspecified atom stereocenters. The predicted molar refractivity (Wildman–Crippen MR) is 153 cm³/mol. The number of carbonyl (C=O) groups excluding carboxylic acids is 2. The SMILES string of the molecule is C=CC(=O)O.CCCCCCCCCCCCNC(=O)CC(=O)NCCC.CCCCNCCCC. The minimum Gasteiger partial charge on any atom is -0.478 e. The molecule has 2 amide bonds. The van der Waals surface area contributed by atoms with Crippen molar-refractivity contribution < 1.29 is 19.5 Å². The minimum absolute atomic E-state index is 0.0439. The average Bonchev–Trinajstić information content (AvgIpc) is 2.86. The number of hydrogen-bond donors (Lipinski definition) is 4. The van der Waals surface area contributed by atoms with Gasteiger partial charge in [-0.15, -0.1) is 0 Å². The van der Waals surface area contributed by atoms with Crippen molar-refractivity contribution in [2.75, 3.05) is 26.2 Å². The fourth-order valence-electron chi connectivity index (χ4n) is 3.10. The molecule has 0 aromatic heterocycles. The van der Waals surface area contributed by atoms with Gasteiger partial charge in [0.05, 0.1) is 0 Å². The molecule has 0 heterocycles. The summed E-state index contributed by atoms with van der Waals surface area (Å²) in [5.41, 5.74) is 0. The molecule has 7 nitrogen and oxygen atoms in total. The van der Waals surface area contributed by atoms with Crippen LogP contribution in [0.2, 0.25) is 0 Å². The van der Waals surface area contributed by atoms with Gasteiger partial charge in [-0.1, -0.05) is 105 Å². The van der Waals surface area contributed by atoms with E-state index in [1.54, 1.807) is 0 Å². The lowest BCUT2D eigenvalue weighted by Crippen LogP contribution is -2.32. The van der Waals surface area contributed by atoms with Crippen LogP contribution in [-0.2, 0) is 14.4 Å². The van der Waals surface area contributed by atoms with Gasteiger partial charge < -0.3 is 21.1 Å². The Balaban J connectivity index is -0.000000635. The first-order chi connectivity index (χ1) is 17.4. The van der Waals surface area contributed by atoms with Crippen LogP contribution in [-0.4, -0.2) is 49.1 Å². The van der Waals surface area contributed by atoms with Crippen LogP contribution in [0.15, 0.2) is 12.7 Å². The van der Waals surface area contributed by atoms with Crippen LogP contribution in [0.4, 0.5) is 0 Å². The van der Waals surface area contributed by atoms with E-state index >= 15 is 0 Å². The molecule has 4 N–H and O–H groups in total. The lowest BCUT2D eigenvalue weighted by atomic mass is 10.1. The van der Waals surface area contributed by atoms with Gasteiger partial charge in [0.25, 0.3) is 0 Å². The molecular formula is C29H59N3O4. The molecule has 0 aliphatic carbocycles. The fraction of sp³-hybridized carbons (Fsp3) is 0.828. The van der Waals surface area contributed by atoms with E-state index in [0.717, 1.165) is 25.3 Å². The smallest absolute Gasteiger partial charge is 0.327 e. The topological polar surface area (TPSA) is 108 Å². The molecule has 0 aromatic rings. The lowest BCUT2D eigenvalue weighted by molar-refractivity contribution is -0.132. The Morgan fingerprint density at radius 2 is 0.972 bits per heavy atom. The summed E-state index contributed by atoms with van der Waals surface area (Å²) in [5, 5.41) is 16.5. The van der Waals surface area contributed by atoms with Gasteiger partial charge in [-0.2, -0.15) is 0 Å². The first kappa shape index (κ1) is 38.6. The van der Waals surface area contributed by atoms with Crippen molar-refractivity contribution in [1.29, 1.82) is 0 Å². The van der Waals surface area contributed by atoms with E-state index in [2.05, 4.69) is 43.3 Å². The largest absolute Gasteiger partial charge is 0.478 e. The maximum absolute atomic E-state index is 11.5. The molecule has 36 heavy (non-hydrogen) atoms. The number of rotatable bonds is 22. The van der Waals surface area contributed by atoms with Gasteiger partial charge >= 0.3 is 5.97 Å². The third-order valence-corrected chi connectivity index (χ3v) is 5.33. The van der Waals surface area contributed by atoms with E-state index in [1.807, 2.05) is 6.92 Å². The van der Waals surface area contributed by atoms with Crippen molar-refractivity contribution in [3.05, 3.63) is 12.7 Å². The van der Waals surface area contributed by atoms with Crippen molar-refractivity contribution >= 4 is 17.8 Å². The molecular weight excluding hydrogens is 454 g/mol. The number of carboxylic acids is 1. The maximum atomic E-state index is 11.5. The molecule has 0 aliphatic heterocycles. The molecule has 0 saturated heterocycles. The van der Waals surface area contributed by atoms with Crippen molar-refractivity contribution in [2.45, 2.75) is 130 Å². The standard InChI is InChI=1S/C18H36N2O2.C8H19N.C3H4O2/c1-3-5-6-7-8-9-10-11-12-13-15-20-18(22)16-17(21)19-14-4-2;1-3-5-7-9-8-6-4-2;1-2-3(4)5/h3-16H2,1-2H3,(H,19,21)(H,20,22);9H,3-8H2,1-2H3;2H,1H2,(H,4,5). The third-order valence-electron chi connectivity index (χ3n) is 5.33. The number of carbonyl (C=O) groups is 3. The highest BCUT2D eigenvalue weighted by Crippen LogP contribution is 2.10. The molecule has 0 fully saturated rings. The van der Waals surface area contributed by atoms with Crippen LogP contribution in [0, 0.1) is 0 Å². The number of hydrogen-bond acceptors (Lipinski definition) is 4. The number of aliphatic carboxylic acids is 1. The van der Waals surface area contributed by atoms with Crippen molar-refractivity contribution in [1.82, 2.24) is 16.0 Å². The molecule has 7 heteroatoms. The summed E-state index contributed by atoms with van der Waals surface area (Å²) in [6, 6.07) is 0. The number of carboxylic acid groups (broad SMARTS) is 1. The van der Waals surface area contributed by atoms with E-state index in [0.29, 0.717) is 13.1 Å². The van der Waals surface area contributed by atoms with Crippen LogP contribution in [0.25, 0.3) is 0 Å². The average molecular weight is 514 g/mol. The van der Waals surface area contributed by atoms with Crippen LogP contribution in [0.1, 0.15) is 130 Å². The van der Waals surface area contributed by atoms with Gasteiger partial charge in [0.1, 0.15) is 6.42 Å². The maximum Gasteiger partial charge on any atom is 0.327 e. The Morgan fingerprint density at radius 3 is 1.36 bits per heavy atom.